The first kappa shape index (κ1) is 15.9. The van der Waals surface area contributed by atoms with E-state index in [0.29, 0.717) is 24.2 Å². The summed E-state index contributed by atoms with van der Waals surface area (Å²) in [6.07, 6.45) is 3.94. The fraction of sp³-hybridized carbons (Fsp3) is 0.111. The molecule has 26 heavy (non-hydrogen) atoms. The van der Waals surface area contributed by atoms with Crippen LogP contribution in [0.4, 0.5) is 4.39 Å². The predicted molar refractivity (Wildman–Crippen MR) is 93.4 cm³/mol. The molecule has 4 rings (SSSR count). The molecule has 4 aromatic rings. The number of aromatic amines is 1. The average molecular weight is 350 g/mol. The lowest BCUT2D eigenvalue weighted by Crippen LogP contribution is -2.27. The van der Waals surface area contributed by atoms with Crippen LogP contribution in [0.15, 0.2) is 55.0 Å². The first-order valence-corrected chi connectivity index (χ1v) is 8.08. The molecule has 2 aromatic carbocycles. The Balaban J connectivity index is 1.49. The molecule has 0 bridgehead atoms. The quantitative estimate of drug-likeness (QED) is 0.578. The van der Waals surface area contributed by atoms with E-state index >= 15 is 0 Å². The van der Waals surface area contributed by atoms with Crippen LogP contribution in [-0.4, -0.2) is 37.6 Å². The number of hydrogen-bond donors (Lipinski definition) is 2. The van der Waals surface area contributed by atoms with E-state index in [2.05, 4.69) is 25.8 Å². The van der Waals surface area contributed by atoms with Crippen molar-refractivity contribution in [3.8, 4) is 5.69 Å². The van der Waals surface area contributed by atoms with Gasteiger partial charge in [-0.2, -0.15) is 4.68 Å². The summed E-state index contributed by atoms with van der Waals surface area (Å²) < 4.78 is 14.8. The Morgan fingerprint density at radius 1 is 1.23 bits per heavy atom. The molecule has 0 unspecified atom stereocenters. The van der Waals surface area contributed by atoms with Crippen LogP contribution in [0.3, 0.4) is 0 Å². The van der Waals surface area contributed by atoms with Gasteiger partial charge in [0.05, 0.1) is 11.3 Å². The highest BCUT2D eigenvalue weighted by Crippen LogP contribution is 2.18. The molecule has 0 spiro atoms. The van der Waals surface area contributed by atoms with Crippen LogP contribution in [0.2, 0.25) is 0 Å². The maximum atomic E-state index is 13.6. The second kappa shape index (κ2) is 6.75. The molecule has 0 aliphatic rings. The number of hydrogen-bond acceptors (Lipinski definition) is 4. The number of halogens is 1. The van der Waals surface area contributed by atoms with E-state index in [1.165, 1.54) is 29.2 Å². The highest BCUT2D eigenvalue weighted by Gasteiger charge is 2.15. The van der Waals surface area contributed by atoms with Crippen molar-refractivity contribution in [2.24, 2.45) is 0 Å². The van der Waals surface area contributed by atoms with Gasteiger partial charge < -0.3 is 10.3 Å². The van der Waals surface area contributed by atoms with Crippen molar-refractivity contribution >= 4 is 16.8 Å². The van der Waals surface area contributed by atoms with E-state index in [0.717, 1.165) is 16.5 Å². The fourth-order valence-corrected chi connectivity index (χ4v) is 2.90. The van der Waals surface area contributed by atoms with Crippen molar-refractivity contribution in [1.29, 1.82) is 0 Å². The number of aromatic nitrogens is 5. The number of para-hydroxylation sites is 1. The van der Waals surface area contributed by atoms with Crippen LogP contribution < -0.4 is 5.32 Å². The smallest absolute Gasteiger partial charge is 0.253 e. The van der Waals surface area contributed by atoms with Crippen molar-refractivity contribution in [1.82, 2.24) is 30.5 Å². The molecular weight excluding hydrogens is 335 g/mol. The highest BCUT2D eigenvalue weighted by atomic mass is 19.1. The number of fused-ring (bicyclic) bond motifs is 1. The summed E-state index contributed by atoms with van der Waals surface area (Å²) in [4.78, 5) is 15.8. The molecule has 0 fully saturated rings. The number of tetrazole rings is 1. The van der Waals surface area contributed by atoms with E-state index in [1.807, 2.05) is 30.5 Å². The Morgan fingerprint density at radius 3 is 2.96 bits per heavy atom. The third-order valence-corrected chi connectivity index (χ3v) is 4.16. The third-order valence-electron chi connectivity index (χ3n) is 4.16. The molecule has 7 nitrogen and oxygen atoms in total. The standard InChI is InChI=1S/C18H15FN6O/c19-13-5-6-15(17(9-13)25-11-22-23-24-25)18(26)20-8-7-12-10-21-16-4-2-1-3-14(12)16/h1-6,9-11,21H,7-8H2,(H,20,26). The molecule has 0 radical (unpaired) electrons. The predicted octanol–water partition coefficient (Wildman–Crippen LogP) is 2.26. The number of carbonyl (C=O) groups is 1. The lowest BCUT2D eigenvalue weighted by Gasteiger charge is -2.09. The lowest BCUT2D eigenvalue weighted by atomic mass is 10.1. The van der Waals surface area contributed by atoms with Crippen molar-refractivity contribution in [3.05, 3.63) is 71.9 Å². The third kappa shape index (κ3) is 3.04. The molecule has 0 saturated heterocycles. The van der Waals surface area contributed by atoms with Crippen molar-refractivity contribution in [2.75, 3.05) is 6.54 Å². The Bertz CT molecular complexity index is 1060. The lowest BCUT2D eigenvalue weighted by molar-refractivity contribution is 0.0954. The van der Waals surface area contributed by atoms with Gasteiger partial charge in [0, 0.05) is 29.7 Å². The minimum absolute atomic E-state index is 0.291. The van der Waals surface area contributed by atoms with E-state index in [1.54, 1.807) is 0 Å². The minimum Gasteiger partial charge on any atom is -0.361 e. The molecule has 1 amide bonds. The fourth-order valence-electron chi connectivity index (χ4n) is 2.90. The normalized spacial score (nSPS) is 11.0. The Kier molecular flexibility index (Phi) is 4.14. The van der Waals surface area contributed by atoms with Gasteiger partial charge in [-0.05, 0) is 40.6 Å². The van der Waals surface area contributed by atoms with Crippen molar-refractivity contribution < 1.29 is 9.18 Å². The van der Waals surface area contributed by atoms with Crippen LogP contribution in [0.5, 0.6) is 0 Å². The molecule has 130 valence electrons. The van der Waals surface area contributed by atoms with E-state index in [9.17, 15) is 9.18 Å². The summed E-state index contributed by atoms with van der Waals surface area (Å²) in [5, 5.41) is 14.8. The molecule has 2 heterocycles. The summed E-state index contributed by atoms with van der Waals surface area (Å²) in [7, 11) is 0. The molecule has 2 aromatic heterocycles. The average Bonchev–Trinajstić information content (AvgIpc) is 3.32. The van der Waals surface area contributed by atoms with E-state index < -0.39 is 5.82 Å². The van der Waals surface area contributed by atoms with Gasteiger partial charge >= 0.3 is 0 Å². The number of benzene rings is 2. The molecule has 0 saturated carbocycles. The maximum absolute atomic E-state index is 13.6. The van der Waals surface area contributed by atoms with Gasteiger partial charge in [-0.3, -0.25) is 4.79 Å². The molecule has 0 aliphatic carbocycles. The SMILES string of the molecule is O=C(NCCc1c[nH]c2ccccc12)c1ccc(F)cc1-n1cnnn1. The first-order chi connectivity index (χ1) is 12.7. The van der Waals surface area contributed by atoms with Gasteiger partial charge in [0.1, 0.15) is 12.1 Å². The maximum Gasteiger partial charge on any atom is 0.253 e. The number of amides is 1. The largest absolute Gasteiger partial charge is 0.361 e. The molecule has 2 N–H and O–H groups in total. The van der Waals surface area contributed by atoms with Gasteiger partial charge in [0.15, 0.2) is 0 Å². The van der Waals surface area contributed by atoms with Gasteiger partial charge in [-0.15, -0.1) is 5.10 Å². The summed E-state index contributed by atoms with van der Waals surface area (Å²) >= 11 is 0. The van der Waals surface area contributed by atoms with Crippen molar-refractivity contribution in [2.45, 2.75) is 6.42 Å². The zero-order valence-electron chi connectivity index (χ0n) is 13.7. The number of nitrogens with one attached hydrogen (secondary N) is 2. The van der Waals surface area contributed by atoms with Gasteiger partial charge in [0.25, 0.3) is 5.91 Å². The monoisotopic (exact) mass is 350 g/mol. The molecule has 0 aliphatic heterocycles. The Morgan fingerprint density at radius 2 is 2.12 bits per heavy atom. The molecular formula is C18H15FN6O. The molecule has 8 heteroatoms. The van der Waals surface area contributed by atoms with E-state index in [-0.39, 0.29) is 5.91 Å². The topological polar surface area (TPSA) is 88.5 Å². The van der Waals surface area contributed by atoms with Gasteiger partial charge in [-0.25, -0.2) is 4.39 Å². The summed E-state index contributed by atoms with van der Waals surface area (Å²) in [6, 6.07) is 11.9. The van der Waals surface area contributed by atoms with Gasteiger partial charge in [0.2, 0.25) is 0 Å². The Hall–Kier alpha value is -3.55. The molecule has 0 atom stereocenters. The van der Waals surface area contributed by atoms with Crippen molar-refractivity contribution in [3.63, 3.8) is 0 Å². The number of rotatable bonds is 5. The zero-order chi connectivity index (χ0) is 17.9. The van der Waals surface area contributed by atoms with Crippen LogP contribution in [0, 0.1) is 5.82 Å². The van der Waals surface area contributed by atoms with E-state index in [4.69, 9.17) is 0 Å². The number of carbonyl (C=O) groups excluding carboxylic acids is 1. The zero-order valence-corrected chi connectivity index (χ0v) is 13.7. The minimum atomic E-state index is -0.467. The highest BCUT2D eigenvalue weighted by molar-refractivity contribution is 5.97. The van der Waals surface area contributed by atoms with Crippen LogP contribution in [0.25, 0.3) is 16.6 Å². The van der Waals surface area contributed by atoms with Crippen LogP contribution in [0.1, 0.15) is 15.9 Å². The Labute approximate surface area is 147 Å². The summed E-state index contributed by atoms with van der Waals surface area (Å²) in [5.74, 6) is -0.777. The second-order valence-electron chi connectivity index (χ2n) is 5.78. The number of nitrogens with zero attached hydrogens (tertiary/aromatic N) is 4. The van der Waals surface area contributed by atoms with Crippen LogP contribution >= 0.6 is 0 Å². The van der Waals surface area contributed by atoms with Gasteiger partial charge in [-0.1, -0.05) is 18.2 Å². The van der Waals surface area contributed by atoms with Crippen LogP contribution in [-0.2, 0) is 6.42 Å². The summed E-state index contributed by atoms with van der Waals surface area (Å²) in [6.45, 7) is 0.451. The second-order valence-corrected chi connectivity index (χ2v) is 5.78. The number of H-pyrrole nitrogens is 1. The summed E-state index contributed by atoms with van der Waals surface area (Å²) in [5.41, 5.74) is 2.78. The first-order valence-electron chi connectivity index (χ1n) is 8.08.